The van der Waals surface area contributed by atoms with Gasteiger partial charge in [0.1, 0.15) is 0 Å². The molecule has 1 aliphatic heterocycles. The summed E-state index contributed by atoms with van der Waals surface area (Å²) in [5.41, 5.74) is 1.96. The van der Waals surface area contributed by atoms with Crippen LogP contribution in [0, 0.1) is 6.92 Å². The van der Waals surface area contributed by atoms with Gasteiger partial charge in [-0.2, -0.15) is 0 Å². The fourth-order valence-corrected chi connectivity index (χ4v) is 3.14. The lowest BCUT2D eigenvalue weighted by molar-refractivity contribution is 0.253. The molecule has 7 heteroatoms. The van der Waals surface area contributed by atoms with E-state index in [1.165, 1.54) is 0 Å². The van der Waals surface area contributed by atoms with E-state index in [0.717, 1.165) is 37.3 Å². The molecule has 0 atom stereocenters. The Balaban J connectivity index is 1.80. The Morgan fingerprint density at radius 1 is 1.40 bits per heavy atom. The van der Waals surface area contributed by atoms with Crippen molar-refractivity contribution in [2.45, 2.75) is 13.5 Å². The van der Waals surface area contributed by atoms with Gasteiger partial charge in [0.25, 0.3) is 0 Å². The summed E-state index contributed by atoms with van der Waals surface area (Å²) in [6.45, 7) is 6.54. The third-order valence-corrected chi connectivity index (χ3v) is 4.82. The highest BCUT2D eigenvalue weighted by Crippen LogP contribution is 2.05. The quantitative estimate of drug-likeness (QED) is 0.755. The van der Waals surface area contributed by atoms with Gasteiger partial charge in [-0.15, -0.1) is 0 Å². The minimum atomic E-state index is -3.24. The van der Waals surface area contributed by atoms with E-state index < -0.39 is 10.0 Å². The summed E-state index contributed by atoms with van der Waals surface area (Å²) in [5.74, 6) is 0.145. The van der Waals surface area contributed by atoms with Crippen molar-refractivity contribution in [3.05, 3.63) is 29.6 Å². The SMILES string of the molecule is Cc1ccncc1CNS(=O)(=O)CCN1CCNCC1. The Morgan fingerprint density at radius 3 is 2.85 bits per heavy atom. The lowest BCUT2D eigenvalue weighted by atomic mass is 10.2. The number of nitrogens with zero attached hydrogens (tertiary/aromatic N) is 2. The van der Waals surface area contributed by atoms with Crippen molar-refractivity contribution in [2.75, 3.05) is 38.5 Å². The van der Waals surface area contributed by atoms with E-state index in [1.54, 1.807) is 12.4 Å². The second-order valence-corrected chi connectivity index (χ2v) is 6.96. The monoisotopic (exact) mass is 298 g/mol. The van der Waals surface area contributed by atoms with Gasteiger partial charge in [0.05, 0.1) is 5.75 Å². The first-order chi connectivity index (χ1) is 9.57. The standard InChI is InChI=1S/C13H22N4O2S/c1-12-2-3-15-10-13(12)11-16-20(18,19)9-8-17-6-4-14-5-7-17/h2-3,10,14,16H,4-9,11H2,1H3. The molecule has 112 valence electrons. The fraction of sp³-hybridized carbons (Fsp3) is 0.615. The van der Waals surface area contributed by atoms with Gasteiger partial charge < -0.3 is 5.32 Å². The first-order valence-corrected chi connectivity index (χ1v) is 8.52. The Labute approximate surface area is 120 Å². The Morgan fingerprint density at radius 2 is 2.15 bits per heavy atom. The maximum atomic E-state index is 12.0. The molecule has 0 aromatic carbocycles. The molecule has 0 radical (unpaired) electrons. The minimum absolute atomic E-state index is 0.145. The van der Waals surface area contributed by atoms with E-state index in [1.807, 2.05) is 13.0 Å². The van der Waals surface area contributed by atoms with Gasteiger partial charge in [0, 0.05) is 51.7 Å². The molecule has 0 saturated carbocycles. The maximum absolute atomic E-state index is 12.0. The van der Waals surface area contributed by atoms with Gasteiger partial charge in [0.15, 0.2) is 0 Å². The predicted molar refractivity (Wildman–Crippen MR) is 78.9 cm³/mol. The summed E-state index contributed by atoms with van der Waals surface area (Å²) in [6, 6.07) is 1.88. The van der Waals surface area contributed by atoms with Gasteiger partial charge in [-0.05, 0) is 24.1 Å². The van der Waals surface area contributed by atoms with Crippen LogP contribution < -0.4 is 10.0 Å². The molecule has 1 saturated heterocycles. The summed E-state index contributed by atoms with van der Waals surface area (Å²) in [7, 11) is -3.24. The lowest BCUT2D eigenvalue weighted by Crippen LogP contribution is -2.45. The fourth-order valence-electron chi connectivity index (χ4n) is 2.13. The number of nitrogens with one attached hydrogen (secondary N) is 2. The van der Waals surface area contributed by atoms with Crippen LogP contribution in [0.4, 0.5) is 0 Å². The third-order valence-electron chi connectivity index (χ3n) is 3.52. The van der Waals surface area contributed by atoms with Crippen LogP contribution in [0.3, 0.4) is 0 Å². The normalized spacial score (nSPS) is 17.2. The van der Waals surface area contributed by atoms with Gasteiger partial charge in [-0.25, -0.2) is 13.1 Å². The second kappa shape index (κ2) is 7.12. The Hall–Kier alpha value is -1.02. The molecule has 0 unspecified atom stereocenters. The highest BCUT2D eigenvalue weighted by Gasteiger charge is 2.15. The zero-order valence-electron chi connectivity index (χ0n) is 11.8. The van der Waals surface area contributed by atoms with Crippen LogP contribution in [0.5, 0.6) is 0 Å². The van der Waals surface area contributed by atoms with Crippen LogP contribution in [0.1, 0.15) is 11.1 Å². The Bertz CT molecular complexity index is 527. The van der Waals surface area contributed by atoms with Crippen LogP contribution in [0.25, 0.3) is 0 Å². The average molecular weight is 298 g/mol. The number of rotatable bonds is 6. The number of hydrogen-bond acceptors (Lipinski definition) is 5. The van der Waals surface area contributed by atoms with Gasteiger partial charge in [-0.3, -0.25) is 9.88 Å². The smallest absolute Gasteiger partial charge is 0.213 e. The molecule has 1 aliphatic rings. The number of piperazine rings is 1. The van der Waals surface area contributed by atoms with Crippen LogP contribution >= 0.6 is 0 Å². The zero-order chi connectivity index (χ0) is 14.4. The van der Waals surface area contributed by atoms with Crippen LogP contribution in [-0.2, 0) is 16.6 Å². The Kier molecular flexibility index (Phi) is 5.47. The van der Waals surface area contributed by atoms with E-state index in [-0.39, 0.29) is 5.75 Å². The maximum Gasteiger partial charge on any atom is 0.213 e. The first-order valence-electron chi connectivity index (χ1n) is 6.87. The lowest BCUT2D eigenvalue weighted by Gasteiger charge is -2.26. The summed E-state index contributed by atoms with van der Waals surface area (Å²) < 4.78 is 26.6. The van der Waals surface area contributed by atoms with Gasteiger partial charge in [-0.1, -0.05) is 0 Å². The van der Waals surface area contributed by atoms with Crippen molar-refractivity contribution in [3.63, 3.8) is 0 Å². The highest BCUT2D eigenvalue weighted by atomic mass is 32.2. The molecule has 2 heterocycles. The molecule has 1 fully saturated rings. The van der Waals surface area contributed by atoms with Crippen molar-refractivity contribution >= 4 is 10.0 Å². The molecular formula is C13H22N4O2S. The molecule has 0 bridgehead atoms. The highest BCUT2D eigenvalue weighted by molar-refractivity contribution is 7.89. The molecule has 0 amide bonds. The molecule has 2 N–H and O–H groups in total. The molecular weight excluding hydrogens is 276 g/mol. The number of aryl methyl sites for hydroxylation is 1. The molecule has 6 nitrogen and oxygen atoms in total. The molecule has 1 aromatic heterocycles. The number of aromatic nitrogens is 1. The molecule has 0 spiro atoms. The molecule has 2 rings (SSSR count). The summed E-state index contributed by atoms with van der Waals surface area (Å²) >= 11 is 0. The van der Waals surface area contributed by atoms with Crippen molar-refractivity contribution in [2.24, 2.45) is 0 Å². The van der Waals surface area contributed by atoms with E-state index in [0.29, 0.717) is 13.1 Å². The first kappa shape index (κ1) is 15.4. The van der Waals surface area contributed by atoms with E-state index >= 15 is 0 Å². The number of pyridine rings is 1. The van der Waals surface area contributed by atoms with E-state index in [2.05, 4.69) is 19.9 Å². The molecule has 20 heavy (non-hydrogen) atoms. The van der Waals surface area contributed by atoms with Crippen LogP contribution in [0.15, 0.2) is 18.5 Å². The van der Waals surface area contributed by atoms with E-state index in [9.17, 15) is 8.42 Å². The van der Waals surface area contributed by atoms with Gasteiger partial charge in [0.2, 0.25) is 10.0 Å². The largest absolute Gasteiger partial charge is 0.314 e. The second-order valence-electron chi connectivity index (χ2n) is 5.03. The zero-order valence-corrected chi connectivity index (χ0v) is 12.6. The van der Waals surface area contributed by atoms with Crippen LogP contribution in [0.2, 0.25) is 0 Å². The number of hydrogen-bond donors (Lipinski definition) is 2. The van der Waals surface area contributed by atoms with E-state index in [4.69, 9.17) is 0 Å². The summed E-state index contributed by atoms with van der Waals surface area (Å²) in [6.07, 6.45) is 3.41. The average Bonchev–Trinajstić information content (AvgIpc) is 2.46. The summed E-state index contributed by atoms with van der Waals surface area (Å²) in [4.78, 5) is 6.19. The van der Waals surface area contributed by atoms with Crippen molar-refractivity contribution in [1.29, 1.82) is 0 Å². The minimum Gasteiger partial charge on any atom is -0.314 e. The van der Waals surface area contributed by atoms with Gasteiger partial charge >= 0.3 is 0 Å². The van der Waals surface area contributed by atoms with Crippen molar-refractivity contribution < 1.29 is 8.42 Å². The number of sulfonamides is 1. The predicted octanol–water partition coefficient (Wildman–Crippen LogP) is -0.285. The third kappa shape index (κ3) is 4.82. The van der Waals surface area contributed by atoms with Crippen molar-refractivity contribution in [1.82, 2.24) is 19.9 Å². The molecule has 1 aromatic rings. The summed E-state index contributed by atoms with van der Waals surface area (Å²) in [5, 5.41) is 3.25. The molecule has 0 aliphatic carbocycles. The van der Waals surface area contributed by atoms with Crippen LogP contribution in [-0.4, -0.2) is 56.8 Å². The van der Waals surface area contributed by atoms with Crippen molar-refractivity contribution in [3.8, 4) is 0 Å². The topological polar surface area (TPSA) is 74.3 Å².